The number of fused-ring (bicyclic) bond motifs is 2. The summed E-state index contributed by atoms with van der Waals surface area (Å²) in [6.45, 7) is 7.72. The van der Waals surface area contributed by atoms with Crippen molar-refractivity contribution in [2.75, 3.05) is 33.3 Å². The van der Waals surface area contributed by atoms with Gasteiger partial charge in [-0.1, -0.05) is 19.9 Å². The van der Waals surface area contributed by atoms with Gasteiger partial charge >= 0.3 is 0 Å². The van der Waals surface area contributed by atoms with Crippen LogP contribution in [0.15, 0.2) is 18.2 Å². The number of imide groups is 1. The summed E-state index contributed by atoms with van der Waals surface area (Å²) in [4.78, 5) is 29.8. The molecule has 0 saturated carbocycles. The standard InChI is InChI=1S/C21H30N2O3.ClH/c1-4-22(5-2)12-7-13-23-19(24)15-21(20(23)25)11-6-8-16-14-17(26-3)9-10-18(16)21;/h9-10,14H,4-8,11-13,15H2,1-3H3;1H. The first kappa shape index (κ1) is 21.7. The molecule has 0 aromatic heterocycles. The lowest BCUT2D eigenvalue weighted by atomic mass is 9.69. The Morgan fingerprint density at radius 2 is 1.96 bits per heavy atom. The highest BCUT2D eigenvalue weighted by molar-refractivity contribution is 6.09. The third kappa shape index (κ3) is 3.99. The Balaban J connectivity index is 0.00000261. The van der Waals surface area contributed by atoms with Gasteiger partial charge in [0.25, 0.3) is 0 Å². The molecule has 0 radical (unpaired) electrons. The Labute approximate surface area is 168 Å². The molecule has 1 aromatic rings. The van der Waals surface area contributed by atoms with Crippen molar-refractivity contribution < 1.29 is 14.3 Å². The summed E-state index contributed by atoms with van der Waals surface area (Å²) in [6, 6.07) is 5.93. The van der Waals surface area contributed by atoms with Gasteiger partial charge in [-0.15, -0.1) is 12.4 Å². The molecule has 6 heteroatoms. The second-order valence-electron chi connectivity index (χ2n) is 7.37. The second kappa shape index (κ2) is 9.07. The minimum atomic E-state index is -0.647. The van der Waals surface area contributed by atoms with Gasteiger partial charge in [-0.2, -0.15) is 0 Å². The van der Waals surface area contributed by atoms with Crippen LogP contribution in [0.25, 0.3) is 0 Å². The van der Waals surface area contributed by atoms with Crippen molar-refractivity contribution in [3.8, 4) is 5.75 Å². The normalized spacial score (nSPS) is 21.6. The number of ether oxygens (including phenoxy) is 1. The minimum absolute atomic E-state index is 0. The fraction of sp³-hybridized carbons (Fsp3) is 0.619. The van der Waals surface area contributed by atoms with Crippen LogP contribution in [-0.2, 0) is 21.4 Å². The zero-order valence-electron chi connectivity index (χ0n) is 16.6. The van der Waals surface area contributed by atoms with Crippen molar-refractivity contribution in [2.45, 2.75) is 51.4 Å². The van der Waals surface area contributed by atoms with Crippen LogP contribution in [0.4, 0.5) is 0 Å². The SMILES string of the molecule is CCN(CC)CCCN1C(=O)CC2(CCCc3cc(OC)ccc32)C1=O.Cl. The summed E-state index contributed by atoms with van der Waals surface area (Å²) in [5.74, 6) is 0.806. The third-order valence-corrected chi connectivity index (χ3v) is 6.04. The molecule has 2 amide bonds. The molecule has 5 nitrogen and oxygen atoms in total. The molecule has 1 heterocycles. The smallest absolute Gasteiger partial charge is 0.240 e. The molecular weight excluding hydrogens is 364 g/mol. The Morgan fingerprint density at radius 3 is 2.63 bits per heavy atom. The first-order valence-corrected chi connectivity index (χ1v) is 9.80. The topological polar surface area (TPSA) is 49.9 Å². The van der Waals surface area contributed by atoms with Gasteiger partial charge in [0.2, 0.25) is 11.8 Å². The van der Waals surface area contributed by atoms with Gasteiger partial charge in [0.15, 0.2) is 0 Å². The van der Waals surface area contributed by atoms with E-state index in [4.69, 9.17) is 4.74 Å². The number of aryl methyl sites for hydroxylation is 1. The van der Waals surface area contributed by atoms with E-state index in [0.29, 0.717) is 13.0 Å². The maximum atomic E-state index is 13.3. The van der Waals surface area contributed by atoms with Crippen molar-refractivity contribution >= 4 is 24.2 Å². The highest BCUT2D eigenvalue weighted by Crippen LogP contribution is 2.46. The molecule has 0 bridgehead atoms. The minimum Gasteiger partial charge on any atom is -0.497 e. The zero-order valence-corrected chi connectivity index (χ0v) is 17.4. The predicted octanol–water partition coefficient (Wildman–Crippen LogP) is 3.18. The van der Waals surface area contributed by atoms with Gasteiger partial charge in [0.1, 0.15) is 5.75 Å². The number of nitrogens with zero attached hydrogens (tertiary/aromatic N) is 2. The largest absolute Gasteiger partial charge is 0.497 e. The van der Waals surface area contributed by atoms with Gasteiger partial charge < -0.3 is 9.64 Å². The lowest BCUT2D eigenvalue weighted by molar-refractivity contribution is -0.140. The predicted molar refractivity (Wildman–Crippen MR) is 109 cm³/mol. The maximum Gasteiger partial charge on any atom is 0.240 e. The van der Waals surface area contributed by atoms with Crippen molar-refractivity contribution in [3.05, 3.63) is 29.3 Å². The first-order valence-electron chi connectivity index (χ1n) is 9.80. The van der Waals surface area contributed by atoms with E-state index in [1.54, 1.807) is 7.11 Å². The van der Waals surface area contributed by atoms with E-state index >= 15 is 0 Å². The van der Waals surface area contributed by atoms with Gasteiger partial charge in [-0.25, -0.2) is 0 Å². The molecule has 3 rings (SSSR count). The Morgan fingerprint density at radius 1 is 1.22 bits per heavy atom. The molecular formula is C21H31ClN2O3. The molecule has 27 heavy (non-hydrogen) atoms. The molecule has 1 spiro atoms. The van der Waals surface area contributed by atoms with Gasteiger partial charge in [0, 0.05) is 13.0 Å². The van der Waals surface area contributed by atoms with Crippen molar-refractivity contribution in [1.82, 2.24) is 9.80 Å². The van der Waals surface area contributed by atoms with Crippen LogP contribution in [-0.4, -0.2) is 54.9 Å². The van der Waals surface area contributed by atoms with Gasteiger partial charge in [-0.05, 0) is 68.6 Å². The van der Waals surface area contributed by atoms with Crippen molar-refractivity contribution in [2.24, 2.45) is 0 Å². The average Bonchev–Trinajstić information content (AvgIpc) is 2.89. The van der Waals surface area contributed by atoms with Crippen LogP contribution in [0.2, 0.25) is 0 Å². The third-order valence-electron chi connectivity index (χ3n) is 6.04. The molecule has 1 unspecified atom stereocenters. The van der Waals surface area contributed by atoms with Crippen LogP contribution in [0, 0.1) is 0 Å². The van der Waals surface area contributed by atoms with E-state index in [-0.39, 0.29) is 24.2 Å². The molecule has 0 N–H and O–H groups in total. The lowest BCUT2D eigenvalue weighted by Gasteiger charge is -2.33. The zero-order chi connectivity index (χ0) is 18.7. The monoisotopic (exact) mass is 394 g/mol. The number of methoxy groups -OCH3 is 1. The van der Waals surface area contributed by atoms with E-state index in [9.17, 15) is 9.59 Å². The molecule has 1 atom stereocenters. The number of hydrogen-bond donors (Lipinski definition) is 0. The summed E-state index contributed by atoms with van der Waals surface area (Å²) in [5.41, 5.74) is 1.54. The molecule has 1 aliphatic heterocycles. The van der Waals surface area contributed by atoms with Crippen LogP contribution in [0.3, 0.4) is 0 Å². The fourth-order valence-electron chi connectivity index (χ4n) is 4.51. The summed E-state index contributed by atoms with van der Waals surface area (Å²) >= 11 is 0. The summed E-state index contributed by atoms with van der Waals surface area (Å²) in [6.07, 6.45) is 3.80. The van der Waals surface area contributed by atoms with Crippen molar-refractivity contribution in [3.63, 3.8) is 0 Å². The van der Waals surface area contributed by atoms with Crippen LogP contribution in [0.5, 0.6) is 5.75 Å². The van der Waals surface area contributed by atoms with E-state index in [2.05, 4.69) is 18.7 Å². The van der Waals surface area contributed by atoms with Crippen LogP contribution in [0.1, 0.15) is 50.7 Å². The number of carbonyl (C=O) groups excluding carboxylic acids is 2. The highest BCUT2D eigenvalue weighted by atomic mass is 35.5. The number of benzene rings is 1. The highest BCUT2D eigenvalue weighted by Gasteiger charge is 2.53. The van der Waals surface area contributed by atoms with E-state index in [1.165, 1.54) is 4.90 Å². The number of hydrogen-bond acceptors (Lipinski definition) is 4. The average molecular weight is 395 g/mol. The molecule has 2 aliphatic rings. The fourth-order valence-corrected chi connectivity index (χ4v) is 4.51. The number of carbonyl (C=O) groups is 2. The summed E-state index contributed by atoms with van der Waals surface area (Å²) in [5, 5.41) is 0. The number of halogens is 1. The number of likely N-dealkylation sites (tertiary alicyclic amines) is 1. The Hall–Kier alpha value is -1.59. The van der Waals surface area contributed by atoms with Crippen LogP contribution >= 0.6 is 12.4 Å². The van der Waals surface area contributed by atoms with E-state index < -0.39 is 5.41 Å². The molecule has 1 fully saturated rings. The van der Waals surface area contributed by atoms with Crippen molar-refractivity contribution in [1.29, 1.82) is 0 Å². The Bertz CT molecular complexity index is 690. The summed E-state index contributed by atoms with van der Waals surface area (Å²) in [7, 11) is 1.65. The second-order valence-corrected chi connectivity index (χ2v) is 7.37. The number of rotatable bonds is 7. The van der Waals surface area contributed by atoms with Gasteiger partial charge in [-0.3, -0.25) is 14.5 Å². The molecule has 1 aromatic carbocycles. The first-order chi connectivity index (χ1) is 12.6. The molecule has 1 saturated heterocycles. The molecule has 150 valence electrons. The lowest BCUT2D eigenvalue weighted by Crippen LogP contribution is -2.41. The molecule has 1 aliphatic carbocycles. The van der Waals surface area contributed by atoms with E-state index in [1.807, 2.05) is 18.2 Å². The quantitative estimate of drug-likeness (QED) is 0.666. The Kier molecular flexibility index (Phi) is 7.29. The van der Waals surface area contributed by atoms with Gasteiger partial charge in [0.05, 0.1) is 12.5 Å². The van der Waals surface area contributed by atoms with E-state index in [0.717, 1.165) is 62.2 Å². The maximum absolute atomic E-state index is 13.3. The number of amides is 2. The summed E-state index contributed by atoms with van der Waals surface area (Å²) < 4.78 is 5.33. The van der Waals surface area contributed by atoms with Crippen LogP contribution < -0.4 is 4.74 Å².